The maximum Gasteiger partial charge on any atom is 0.390 e. The first-order chi connectivity index (χ1) is 18.3. The molecule has 1 atom stereocenters. The standard InChI is InChI=1S/C26H32ClF5N4O3/c1-25(14-37,15-38)21(33)12-16-2-4-18(23(29)22(16)28)24(39)34-19-5-3-17(27)13-20(19)36-10-8-35(9-11-36)7-6-26(30,31)32/h2-5,13,21,37-38H,6-12,14-15,33H2,1H3,(H,34,39). The Bertz CT molecular complexity index is 1160. The number of amides is 1. The average molecular weight is 579 g/mol. The van der Waals surface area contributed by atoms with Gasteiger partial charge in [-0.15, -0.1) is 0 Å². The number of nitrogens with zero attached hydrogens (tertiary/aromatic N) is 2. The van der Waals surface area contributed by atoms with E-state index in [-0.39, 0.29) is 24.2 Å². The zero-order valence-electron chi connectivity index (χ0n) is 21.4. The molecule has 0 bridgehead atoms. The highest BCUT2D eigenvalue weighted by atomic mass is 35.5. The summed E-state index contributed by atoms with van der Waals surface area (Å²) in [6.07, 6.45) is -5.32. The molecule has 1 fully saturated rings. The summed E-state index contributed by atoms with van der Waals surface area (Å²) in [5.74, 6) is -3.55. The zero-order valence-corrected chi connectivity index (χ0v) is 22.1. The average Bonchev–Trinajstić information content (AvgIpc) is 2.90. The van der Waals surface area contributed by atoms with Gasteiger partial charge < -0.3 is 26.2 Å². The largest absolute Gasteiger partial charge is 0.396 e. The Hall–Kier alpha value is -2.51. The maximum absolute atomic E-state index is 15.0. The Balaban J connectivity index is 1.74. The summed E-state index contributed by atoms with van der Waals surface area (Å²) in [4.78, 5) is 16.5. The van der Waals surface area contributed by atoms with Crippen molar-refractivity contribution in [2.75, 3.05) is 56.2 Å². The first-order valence-electron chi connectivity index (χ1n) is 12.4. The van der Waals surface area contributed by atoms with Gasteiger partial charge in [0.15, 0.2) is 11.6 Å². The third kappa shape index (κ3) is 7.79. The minimum atomic E-state index is -4.24. The lowest BCUT2D eigenvalue weighted by molar-refractivity contribution is -0.138. The van der Waals surface area contributed by atoms with Crippen molar-refractivity contribution in [1.29, 1.82) is 0 Å². The number of rotatable bonds is 10. The minimum Gasteiger partial charge on any atom is -0.396 e. The van der Waals surface area contributed by atoms with Gasteiger partial charge in [-0.05, 0) is 36.2 Å². The second kappa shape index (κ2) is 12.8. The molecular weight excluding hydrogens is 547 g/mol. The fraction of sp³-hybridized carbons (Fsp3) is 0.500. The molecule has 13 heteroatoms. The molecule has 1 aliphatic heterocycles. The number of hydrogen-bond donors (Lipinski definition) is 4. The number of aliphatic hydroxyl groups excluding tert-OH is 2. The van der Waals surface area contributed by atoms with Crippen LogP contribution in [0.4, 0.5) is 33.3 Å². The molecule has 1 saturated heterocycles. The number of carbonyl (C=O) groups is 1. The van der Waals surface area contributed by atoms with Gasteiger partial charge in [0.1, 0.15) is 0 Å². The maximum atomic E-state index is 15.0. The molecule has 1 aliphatic rings. The van der Waals surface area contributed by atoms with E-state index in [9.17, 15) is 37.0 Å². The molecule has 7 nitrogen and oxygen atoms in total. The summed E-state index contributed by atoms with van der Waals surface area (Å²) in [7, 11) is 0. The molecule has 0 aliphatic carbocycles. The topological polar surface area (TPSA) is 102 Å². The summed E-state index contributed by atoms with van der Waals surface area (Å²) in [6, 6.07) is 6.08. The smallest absolute Gasteiger partial charge is 0.390 e. The highest BCUT2D eigenvalue weighted by Crippen LogP contribution is 2.32. The number of piperazine rings is 1. The van der Waals surface area contributed by atoms with Gasteiger partial charge in [-0.25, -0.2) is 8.78 Å². The van der Waals surface area contributed by atoms with Crippen molar-refractivity contribution < 1.29 is 37.0 Å². The molecule has 1 amide bonds. The van der Waals surface area contributed by atoms with E-state index in [2.05, 4.69) is 5.32 Å². The Morgan fingerprint density at radius 2 is 1.72 bits per heavy atom. The predicted octanol–water partition coefficient (Wildman–Crippen LogP) is 3.81. The van der Waals surface area contributed by atoms with E-state index in [4.69, 9.17) is 17.3 Å². The van der Waals surface area contributed by atoms with E-state index in [1.807, 2.05) is 4.90 Å². The Morgan fingerprint density at radius 1 is 1.08 bits per heavy atom. The molecule has 1 unspecified atom stereocenters. The number of aliphatic hydroxyl groups is 2. The van der Waals surface area contributed by atoms with Crippen LogP contribution in [-0.4, -0.2) is 79.2 Å². The van der Waals surface area contributed by atoms with Crippen LogP contribution in [0.5, 0.6) is 0 Å². The quantitative estimate of drug-likeness (QED) is 0.320. The highest BCUT2D eigenvalue weighted by molar-refractivity contribution is 6.31. The van der Waals surface area contributed by atoms with Crippen molar-refractivity contribution in [2.45, 2.75) is 32.0 Å². The molecule has 2 aromatic rings. The van der Waals surface area contributed by atoms with Crippen molar-refractivity contribution in [2.24, 2.45) is 11.1 Å². The van der Waals surface area contributed by atoms with Crippen molar-refractivity contribution in [3.8, 4) is 0 Å². The van der Waals surface area contributed by atoms with E-state index in [0.717, 1.165) is 6.07 Å². The molecule has 1 heterocycles. The van der Waals surface area contributed by atoms with Gasteiger partial charge in [0.05, 0.1) is 36.6 Å². The van der Waals surface area contributed by atoms with Crippen LogP contribution in [0.15, 0.2) is 30.3 Å². The number of nitrogens with two attached hydrogens (primary N) is 1. The van der Waals surface area contributed by atoms with Gasteiger partial charge in [0, 0.05) is 49.2 Å². The van der Waals surface area contributed by atoms with E-state index >= 15 is 0 Å². The molecule has 0 saturated carbocycles. The predicted molar refractivity (Wildman–Crippen MR) is 139 cm³/mol. The van der Waals surface area contributed by atoms with Gasteiger partial charge in [0.2, 0.25) is 0 Å². The number of alkyl halides is 3. The molecule has 0 aromatic heterocycles. The summed E-state index contributed by atoms with van der Waals surface area (Å²) >= 11 is 6.15. The Labute approximate surface area is 228 Å². The van der Waals surface area contributed by atoms with Crippen LogP contribution in [-0.2, 0) is 6.42 Å². The molecule has 5 N–H and O–H groups in total. The first kappa shape index (κ1) is 31.0. The van der Waals surface area contributed by atoms with Crippen molar-refractivity contribution in [3.05, 3.63) is 58.1 Å². The van der Waals surface area contributed by atoms with Crippen LogP contribution >= 0.6 is 11.6 Å². The third-order valence-corrected chi connectivity index (χ3v) is 7.33. The minimum absolute atomic E-state index is 0.110. The fourth-order valence-electron chi connectivity index (χ4n) is 4.25. The zero-order chi connectivity index (χ0) is 29.0. The summed E-state index contributed by atoms with van der Waals surface area (Å²) in [5, 5.41) is 21.9. The van der Waals surface area contributed by atoms with Gasteiger partial charge in [-0.3, -0.25) is 9.69 Å². The van der Waals surface area contributed by atoms with E-state index < -0.39 is 60.4 Å². The van der Waals surface area contributed by atoms with E-state index in [1.165, 1.54) is 25.1 Å². The Kier molecular flexibility index (Phi) is 10.2. The van der Waals surface area contributed by atoms with Crippen LogP contribution < -0.4 is 16.0 Å². The lowest BCUT2D eigenvalue weighted by Gasteiger charge is -2.37. The lowest BCUT2D eigenvalue weighted by atomic mass is 9.81. The molecule has 2 aromatic carbocycles. The SMILES string of the molecule is CC(CO)(CO)C(N)Cc1ccc(C(=O)Nc2ccc(Cl)cc2N2CCN(CCC(F)(F)F)CC2)c(F)c1F. The number of anilines is 2. The number of nitrogens with one attached hydrogen (secondary N) is 1. The summed E-state index contributed by atoms with van der Waals surface area (Å²) < 4.78 is 67.5. The number of halogens is 6. The molecule has 0 spiro atoms. The second-order valence-electron chi connectivity index (χ2n) is 9.99. The third-order valence-electron chi connectivity index (χ3n) is 7.10. The van der Waals surface area contributed by atoms with Gasteiger partial charge in [-0.2, -0.15) is 13.2 Å². The molecular formula is C26H32ClF5N4O3. The monoisotopic (exact) mass is 578 g/mol. The number of benzene rings is 2. The van der Waals surface area contributed by atoms with Gasteiger partial charge in [0.25, 0.3) is 5.91 Å². The van der Waals surface area contributed by atoms with Crippen LogP contribution in [0.2, 0.25) is 5.02 Å². The molecule has 216 valence electrons. The van der Waals surface area contributed by atoms with Gasteiger partial charge in [-0.1, -0.05) is 24.6 Å². The van der Waals surface area contributed by atoms with Crippen LogP contribution in [0.1, 0.15) is 29.3 Å². The molecule has 3 rings (SSSR count). The summed E-state index contributed by atoms with van der Waals surface area (Å²) in [6.45, 7) is 1.97. The van der Waals surface area contributed by atoms with E-state index in [1.54, 1.807) is 11.0 Å². The fourth-order valence-corrected chi connectivity index (χ4v) is 4.42. The van der Waals surface area contributed by atoms with Crippen LogP contribution in [0.25, 0.3) is 0 Å². The van der Waals surface area contributed by atoms with Crippen molar-refractivity contribution in [1.82, 2.24) is 4.90 Å². The van der Waals surface area contributed by atoms with Gasteiger partial charge >= 0.3 is 6.18 Å². The molecule has 0 radical (unpaired) electrons. The van der Waals surface area contributed by atoms with Crippen LogP contribution in [0.3, 0.4) is 0 Å². The van der Waals surface area contributed by atoms with Crippen molar-refractivity contribution >= 4 is 28.9 Å². The number of hydrogen-bond acceptors (Lipinski definition) is 6. The Morgan fingerprint density at radius 3 is 2.31 bits per heavy atom. The van der Waals surface area contributed by atoms with E-state index in [0.29, 0.717) is 36.9 Å². The van der Waals surface area contributed by atoms with Crippen LogP contribution in [0, 0.1) is 17.0 Å². The lowest BCUT2D eigenvalue weighted by Crippen LogP contribution is -2.47. The second-order valence-corrected chi connectivity index (χ2v) is 10.4. The normalized spacial score (nSPS) is 15.9. The highest BCUT2D eigenvalue weighted by Gasteiger charge is 2.32. The van der Waals surface area contributed by atoms with Crippen molar-refractivity contribution in [3.63, 3.8) is 0 Å². The first-order valence-corrected chi connectivity index (χ1v) is 12.7. The molecule has 39 heavy (non-hydrogen) atoms. The number of carbonyl (C=O) groups excluding carboxylic acids is 1. The summed E-state index contributed by atoms with van der Waals surface area (Å²) in [5.41, 5.74) is 5.02.